The summed E-state index contributed by atoms with van der Waals surface area (Å²) in [5.74, 6) is -0.622. The maximum Gasteiger partial charge on any atom is 0.303 e. The lowest BCUT2D eigenvalue weighted by Gasteiger charge is -2.47. The van der Waals surface area contributed by atoms with E-state index in [0.717, 1.165) is 11.1 Å². The molecule has 0 saturated carbocycles. The fourth-order valence-corrected chi connectivity index (χ4v) is 4.92. The number of fused-ring (bicyclic) bond motifs is 1. The molecule has 2 aromatic rings. The van der Waals surface area contributed by atoms with Crippen molar-refractivity contribution in [1.29, 1.82) is 0 Å². The predicted octanol–water partition coefficient (Wildman–Crippen LogP) is 2.49. The van der Waals surface area contributed by atoms with Gasteiger partial charge in [-0.1, -0.05) is 48.0 Å². The highest BCUT2D eigenvalue weighted by molar-refractivity contribution is 7.86. The van der Waals surface area contributed by atoms with Gasteiger partial charge in [0.05, 0.1) is 11.5 Å². The van der Waals surface area contributed by atoms with Crippen LogP contribution in [0.5, 0.6) is 0 Å². The van der Waals surface area contributed by atoms with Crippen molar-refractivity contribution in [3.05, 3.63) is 65.7 Å². The maximum absolute atomic E-state index is 13.0. The van der Waals surface area contributed by atoms with Crippen LogP contribution in [0.25, 0.3) is 0 Å². The number of hydrogen-bond acceptors (Lipinski definition) is 9. The van der Waals surface area contributed by atoms with Crippen LogP contribution in [0.3, 0.4) is 0 Å². The minimum atomic E-state index is -4.23. The molecule has 0 N–H and O–H groups in total. The van der Waals surface area contributed by atoms with Gasteiger partial charge in [0.25, 0.3) is 10.1 Å². The van der Waals surface area contributed by atoms with Crippen molar-refractivity contribution in [3.8, 4) is 0 Å². The van der Waals surface area contributed by atoms with E-state index in [9.17, 15) is 13.2 Å². The molecule has 6 atom stereocenters. The summed E-state index contributed by atoms with van der Waals surface area (Å²) in [5, 5.41) is 0. The minimum Gasteiger partial charge on any atom is -0.457 e. The number of methoxy groups -OCH3 is 1. The third kappa shape index (κ3) is 5.26. The number of aryl methyl sites for hydroxylation is 1. The van der Waals surface area contributed by atoms with E-state index in [0.29, 0.717) is 0 Å². The number of benzene rings is 2. The van der Waals surface area contributed by atoms with E-state index in [-0.39, 0.29) is 11.5 Å². The van der Waals surface area contributed by atoms with Gasteiger partial charge in [0.2, 0.25) is 0 Å². The van der Waals surface area contributed by atoms with Crippen LogP contribution >= 0.6 is 0 Å². The van der Waals surface area contributed by atoms with Crippen molar-refractivity contribution in [2.24, 2.45) is 0 Å². The molecule has 9 nitrogen and oxygen atoms in total. The van der Waals surface area contributed by atoms with Gasteiger partial charge in [0, 0.05) is 19.6 Å². The molecule has 4 rings (SSSR count). The number of rotatable bonds is 6. The zero-order chi connectivity index (χ0) is 23.6. The molecule has 0 spiro atoms. The first-order valence-electron chi connectivity index (χ1n) is 10.5. The van der Waals surface area contributed by atoms with E-state index < -0.39 is 53.1 Å². The van der Waals surface area contributed by atoms with Crippen molar-refractivity contribution >= 4 is 16.1 Å². The Balaban J connectivity index is 1.64. The van der Waals surface area contributed by atoms with Crippen LogP contribution in [0.15, 0.2) is 59.5 Å². The number of ether oxygens (including phenoxy) is 5. The van der Waals surface area contributed by atoms with Crippen molar-refractivity contribution in [2.45, 2.75) is 55.7 Å². The monoisotopic (exact) mass is 478 g/mol. The Hall–Kier alpha value is -2.34. The maximum atomic E-state index is 13.0. The van der Waals surface area contributed by atoms with Crippen LogP contribution in [-0.2, 0) is 42.8 Å². The molecule has 0 unspecified atom stereocenters. The molecule has 2 aromatic carbocycles. The standard InChI is InChI=1S/C23H26O9S/c1-14-9-11-17(12-10-14)33(25,26)32-21-20(29-15(2)24)19-18(30-23(21)27-3)13-28-22(31-19)16-7-5-4-6-8-16/h4-12,18-23H,13H2,1-3H3/t18-,19-,20+,21-,22+,23-/m1/s1. The summed E-state index contributed by atoms with van der Waals surface area (Å²) in [5.41, 5.74) is 1.66. The van der Waals surface area contributed by atoms with Gasteiger partial charge < -0.3 is 23.7 Å². The first-order chi connectivity index (χ1) is 15.8. The Morgan fingerprint density at radius 3 is 2.33 bits per heavy atom. The second-order valence-electron chi connectivity index (χ2n) is 7.86. The lowest BCUT2D eigenvalue weighted by molar-refractivity contribution is -0.355. The normalized spacial score (nSPS) is 29.8. The van der Waals surface area contributed by atoms with Crippen LogP contribution in [0.2, 0.25) is 0 Å². The average Bonchev–Trinajstić information content (AvgIpc) is 2.80. The molecule has 2 aliphatic rings. The van der Waals surface area contributed by atoms with Crippen LogP contribution in [0.4, 0.5) is 0 Å². The molecule has 2 saturated heterocycles. The lowest BCUT2D eigenvalue weighted by Crippen LogP contribution is -2.64. The summed E-state index contributed by atoms with van der Waals surface area (Å²) in [7, 11) is -2.88. The van der Waals surface area contributed by atoms with Gasteiger partial charge >= 0.3 is 5.97 Å². The topological polar surface area (TPSA) is 107 Å². The second-order valence-corrected chi connectivity index (χ2v) is 9.43. The molecule has 2 fully saturated rings. The van der Waals surface area contributed by atoms with Crippen LogP contribution < -0.4 is 0 Å². The summed E-state index contributed by atoms with van der Waals surface area (Å²) < 4.78 is 60.2. The largest absolute Gasteiger partial charge is 0.457 e. The van der Waals surface area contributed by atoms with Crippen LogP contribution in [0.1, 0.15) is 24.3 Å². The van der Waals surface area contributed by atoms with E-state index in [1.807, 2.05) is 37.3 Å². The Labute approximate surface area is 192 Å². The number of carbonyl (C=O) groups excluding carboxylic acids is 1. The van der Waals surface area contributed by atoms with Crippen LogP contribution in [-0.4, -0.2) is 58.8 Å². The molecular formula is C23H26O9S. The first-order valence-corrected chi connectivity index (χ1v) is 11.9. The molecule has 0 amide bonds. The fourth-order valence-electron chi connectivity index (χ4n) is 3.85. The van der Waals surface area contributed by atoms with Gasteiger partial charge in [0.1, 0.15) is 12.2 Å². The molecular weight excluding hydrogens is 452 g/mol. The van der Waals surface area contributed by atoms with Crippen molar-refractivity contribution in [1.82, 2.24) is 0 Å². The Kier molecular flexibility index (Phi) is 7.13. The number of esters is 1. The van der Waals surface area contributed by atoms with E-state index in [1.54, 1.807) is 12.1 Å². The SMILES string of the molecule is CO[C@@H]1O[C@@H]2CO[C@H](c3ccccc3)O[C@H]2[C@H](OC(C)=O)[C@H]1OS(=O)(=O)c1ccc(C)cc1. The highest BCUT2D eigenvalue weighted by atomic mass is 32.2. The Morgan fingerprint density at radius 2 is 1.70 bits per heavy atom. The third-order valence-electron chi connectivity index (χ3n) is 5.44. The van der Waals surface area contributed by atoms with Crippen molar-refractivity contribution in [2.75, 3.05) is 13.7 Å². The van der Waals surface area contributed by atoms with E-state index in [1.165, 1.54) is 26.2 Å². The van der Waals surface area contributed by atoms with Crippen molar-refractivity contribution in [3.63, 3.8) is 0 Å². The molecule has 178 valence electrons. The minimum absolute atomic E-state index is 0.0401. The summed E-state index contributed by atoms with van der Waals surface area (Å²) >= 11 is 0. The van der Waals surface area contributed by atoms with E-state index in [2.05, 4.69) is 0 Å². The van der Waals surface area contributed by atoms with Crippen molar-refractivity contribution < 1.29 is 41.1 Å². The van der Waals surface area contributed by atoms with Gasteiger partial charge in [-0.25, -0.2) is 0 Å². The zero-order valence-corrected chi connectivity index (χ0v) is 19.3. The average molecular weight is 479 g/mol. The molecule has 10 heteroatoms. The number of carbonyl (C=O) groups is 1. The van der Waals surface area contributed by atoms with Gasteiger partial charge in [-0.2, -0.15) is 8.42 Å². The Morgan fingerprint density at radius 1 is 1.00 bits per heavy atom. The van der Waals surface area contributed by atoms with Gasteiger partial charge in [0.15, 0.2) is 24.8 Å². The molecule has 0 radical (unpaired) electrons. The molecule has 33 heavy (non-hydrogen) atoms. The highest BCUT2D eigenvalue weighted by Crippen LogP contribution is 2.37. The summed E-state index contributed by atoms with van der Waals surface area (Å²) in [6.45, 7) is 3.20. The second kappa shape index (κ2) is 9.88. The predicted molar refractivity (Wildman–Crippen MR) is 114 cm³/mol. The van der Waals surface area contributed by atoms with Gasteiger partial charge in [-0.05, 0) is 19.1 Å². The first kappa shape index (κ1) is 23.8. The molecule has 0 aromatic heterocycles. The summed E-state index contributed by atoms with van der Waals surface area (Å²) in [6, 6.07) is 15.4. The summed E-state index contributed by atoms with van der Waals surface area (Å²) in [6.07, 6.45) is -5.83. The molecule has 0 bridgehead atoms. The third-order valence-corrected chi connectivity index (χ3v) is 6.76. The highest BCUT2D eigenvalue weighted by Gasteiger charge is 2.54. The van der Waals surface area contributed by atoms with Crippen LogP contribution in [0, 0.1) is 6.92 Å². The van der Waals surface area contributed by atoms with Gasteiger partial charge in [-0.15, -0.1) is 0 Å². The van der Waals surface area contributed by atoms with E-state index in [4.69, 9.17) is 27.9 Å². The smallest absolute Gasteiger partial charge is 0.303 e. The zero-order valence-electron chi connectivity index (χ0n) is 18.4. The van der Waals surface area contributed by atoms with E-state index >= 15 is 0 Å². The quantitative estimate of drug-likeness (QED) is 0.457. The molecule has 2 heterocycles. The summed E-state index contributed by atoms with van der Waals surface area (Å²) in [4.78, 5) is 11.9. The Bertz CT molecular complexity index is 1060. The fraction of sp³-hybridized carbons (Fsp3) is 0.435. The van der Waals surface area contributed by atoms with Gasteiger partial charge in [-0.3, -0.25) is 8.98 Å². The molecule has 0 aliphatic carbocycles. The number of hydrogen-bond donors (Lipinski definition) is 0. The lowest BCUT2D eigenvalue weighted by atomic mass is 9.97. The molecule has 2 aliphatic heterocycles.